The Hall–Kier alpha value is -2.47. The smallest absolute Gasteiger partial charge is 0.141 e. The van der Waals surface area contributed by atoms with Crippen LogP contribution in [0, 0.1) is 17.1 Å². The SMILES string of the molecule is N#Cc1ccc(-c2ccc(CCCCCC/C=C/F)cc2)cc1F. The molecule has 2 aromatic rings. The highest BCUT2D eigenvalue weighted by atomic mass is 19.1. The first-order valence-corrected chi connectivity index (χ1v) is 8.29. The van der Waals surface area contributed by atoms with E-state index in [0.29, 0.717) is 6.33 Å². The molecule has 0 atom stereocenters. The zero-order chi connectivity index (χ0) is 17.2. The molecule has 0 amide bonds. The van der Waals surface area contributed by atoms with Gasteiger partial charge in [-0.3, -0.25) is 0 Å². The molecule has 0 aromatic heterocycles. The monoisotopic (exact) mass is 325 g/mol. The lowest BCUT2D eigenvalue weighted by molar-refractivity contribution is 0.624. The predicted molar refractivity (Wildman–Crippen MR) is 93.6 cm³/mol. The third-order valence-electron chi connectivity index (χ3n) is 4.05. The van der Waals surface area contributed by atoms with Crippen LogP contribution in [0.1, 0.15) is 43.2 Å². The third kappa shape index (κ3) is 5.31. The van der Waals surface area contributed by atoms with E-state index in [4.69, 9.17) is 5.26 Å². The standard InChI is InChI=1S/C21H21F2N/c22-14-6-4-2-1-3-5-7-17-8-10-18(11-9-17)19-12-13-20(16-24)21(23)15-19/h6,8-15H,1-5,7H2/b14-6+. The molecule has 3 heteroatoms. The van der Waals surface area contributed by atoms with Gasteiger partial charge < -0.3 is 0 Å². The number of allylic oxidation sites excluding steroid dienone is 1. The van der Waals surface area contributed by atoms with Gasteiger partial charge in [0.15, 0.2) is 0 Å². The van der Waals surface area contributed by atoms with E-state index in [1.807, 2.05) is 18.2 Å². The number of rotatable bonds is 8. The van der Waals surface area contributed by atoms with Crippen LogP contribution >= 0.6 is 0 Å². The molecule has 0 unspecified atom stereocenters. The normalized spacial score (nSPS) is 10.9. The van der Waals surface area contributed by atoms with Gasteiger partial charge in [-0.15, -0.1) is 0 Å². The lowest BCUT2D eigenvalue weighted by atomic mass is 10.00. The molecule has 0 bridgehead atoms. The fraction of sp³-hybridized carbons (Fsp3) is 0.286. The second-order valence-electron chi connectivity index (χ2n) is 5.82. The van der Waals surface area contributed by atoms with Gasteiger partial charge in [0.25, 0.3) is 0 Å². The quantitative estimate of drug-likeness (QED) is 0.519. The fourth-order valence-electron chi connectivity index (χ4n) is 2.66. The molecular formula is C21H21F2N. The van der Waals surface area contributed by atoms with Crippen molar-refractivity contribution in [3.05, 3.63) is 71.8 Å². The van der Waals surface area contributed by atoms with Crippen molar-refractivity contribution in [1.29, 1.82) is 5.26 Å². The predicted octanol–water partition coefficient (Wildman–Crippen LogP) is 6.34. The summed E-state index contributed by atoms with van der Waals surface area (Å²) in [5.74, 6) is -0.485. The average molecular weight is 325 g/mol. The molecule has 124 valence electrons. The molecule has 0 N–H and O–H groups in total. The van der Waals surface area contributed by atoms with Gasteiger partial charge in [0.1, 0.15) is 11.9 Å². The summed E-state index contributed by atoms with van der Waals surface area (Å²) in [5, 5.41) is 8.77. The van der Waals surface area contributed by atoms with Crippen LogP contribution in [0.25, 0.3) is 11.1 Å². The average Bonchev–Trinajstić information content (AvgIpc) is 2.61. The maximum atomic E-state index is 13.7. The number of aryl methyl sites for hydroxylation is 1. The van der Waals surface area contributed by atoms with Gasteiger partial charge in [0.2, 0.25) is 0 Å². The highest BCUT2D eigenvalue weighted by Gasteiger charge is 2.04. The molecule has 0 aliphatic rings. The number of benzene rings is 2. The molecule has 0 aliphatic carbocycles. The van der Waals surface area contributed by atoms with E-state index in [1.54, 1.807) is 12.1 Å². The number of hydrogen-bond donors (Lipinski definition) is 0. The molecule has 2 rings (SSSR count). The van der Waals surface area contributed by atoms with Crippen molar-refractivity contribution in [3.63, 3.8) is 0 Å². The summed E-state index contributed by atoms with van der Waals surface area (Å²) in [6, 6.07) is 14.6. The van der Waals surface area contributed by atoms with Crippen molar-refractivity contribution in [2.45, 2.75) is 38.5 Å². The third-order valence-corrected chi connectivity index (χ3v) is 4.05. The first kappa shape index (κ1) is 17.9. The van der Waals surface area contributed by atoms with Crippen LogP contribution in [0.5, 0.6) is 0 Å². The summed E-state index contributed by atoms with van der Waals surface area (Å²) in [5.41, 5.74) is 3.05. The van der Waals surface area contributed by atoms with E-state index in [1.165, 1.54) is 17.7 Å². The van der Waals surface area contributed by atoms with Crippen LogP contribution in [-0.2, 0) is 6.42 Å². The molecule has 1 nitrogen and oxygen atoms in total. The number of nitriles is 1. The van der Waals surface area contributed by atoms with Crippen molar-refractivity contribution in [1.82, 2.24) is 0 Å². The van der Waals surface area contributed by atoms with Crippen molar-refractivity contribution in [3.8, 4) is 17.2 Å². The molecule has 0 spiro atoms. The van der Waals surface area contributed by atoms with Crippen molar-refractivity contribution in [2.24, 2.45) is 0 Å². The van der Waals surface area contributed by atoms with E-state index >= 15 is 0 Å². The summed E-state index contributed by atoms with van der Waals surface area (Å²) in [6.07, 6.45) is 8.41. The summed E-state index contributed by atoms with van der Waals surface area (Å²) in [7, 11) is 0. The number of hydrogen-bond acceptors (Lipinski definition) is 1. The number of unbranched alkanes of at least 4 members (excludes halogenated alkanes) is 4. The minimum atomic E-state index is -0.485. The van der Waals surface area contributed by atoms with Crippen LogP contribution in [0.3, 0.4) is 0 Å². The lowest BCUT2D eigenvalue weighted by Gasteiger charge is -2.06. The molecule has 0 aliphatic heterocycles. The van der Waals surface area contributed by atoms with Gasteiger partial charge in [-0.25, -0.2) is 8.78 Å². The molecule has 0 saturated carbocycles. The van der Waals surface area contributed by atoms with E-state index in [-0.39, 0.29) is 5.56 Å². The van der Waals surface area contributed by atoms with Gasteiger partial charge in [-0.2, -0.15) is 5.26 Å². The van der Waals surface area contributed by atoms with Crippen molar-refractivity contribution < 1.29 is 8.78 Å². The minimum Gasteiger partial charge on any atom is -0.216 e. The Labute approximate surface area is 142 Å². The van der Waals surface area contributed by atoms with E-state index in [0.717, 1.165) is 49.7 Å². The van der Waals surface area contributed by atoms with Crippen molar-refractivity contribution in [2.75, 3.05) is 0 Å². The summed E-state index contributed by atoms with van der Waals surface area (Å²) >= 11 is 0. The Morgan fingerprint density at radius 1 is 0.917 bits per heavy atom. The minimum absolute atomic E-state index is 0.0670. The molecule has 0 heterocycles. The highest BCUT2D eigenvalue weighted by molar-refractivity contribution is 5.64. The van der Waals surface area contributed by atoms with Crippen LogP contribution in [0.15, 0.2) is 54.9 Å². The van der Waals surface area contributed by atoms with Gasteiger partial charge in [0.05, 0.1) is 11.9 Å². The highest BCUT2D eigenvalue weighted by Crippen LogP contribution is 2.23. The summed E-state index contributed by atoms with van der Waals surface area (Å²) < 4.78 is 25.5. The van der Waals surface area contributed by atoms with Gasteiger partial charge in [-0.1, -0.05) is 49.2 Å². The maximum Gasteiger partial charge on any atom is 0.141 e. The van der Waals surface area contributed by atoms with Gasteiger partial charge in [0, 0.05) is 0 Å². The number of nitrogens with zero attached hydrogens (tertiary/aromatic N) is 1. The van der Waals surface area contributed by atoms with Crippen LogP contribution < -0.4 is 0 Å². The second-order valence-corrected chi connectivity index (χ2v) is 5.82. The van der Waals surface area contributed by atoms with Crippen LogP contribution in [-0.4, -0.2) is 0 Å². The van der Waals surface area contributed by atoms with Gasteiger partial charge >= 0.3 is 0 Å². The first-order chi connectivity index (χ1) is 11.7. The second kappa shape index (κ2) is 9.62. The topological polar surface area (TPSA) is 23.8 Å². The Kier molecular flexibility index (Phi) is 7.17. The Morgan fingerprint density at radius 3 is 2.29 bits per heavy atom. The zero-order valence-corrected chi connectivity index (χ0v) is 13.6. The molecule has 24 heavy (non-hydrogen) atoms. The Balaban J connectivity index is 1.85. The Morgan fingerprint density at radius 2 is 1.62 bits per heavy atom. The molecule has 0 radical (unpaired) electrons. The zero-order valence-electron chi connectivity index (χ0n) is 13.6. The van der Waals surface area contributed by atoms with Crippen molar-refractivity contribution >= 4 is 0 Å². The van der Waals surface area contributed by atoms with Gasteiger partial charge in [-0.05, 0) is 54.5 Å². The van der Waals surface area contributed by atoms with E-state index in [2.05, 4.69) is 12.1 Å². The van der Waals surface area contributed by atoms with E-state index < -0.39 is 5.82 Å². The maximum absolute atomic E-state index is 13.7. The molecule has 2 aromatic carbocycles. The number of halogens is 2. The lowest BCUT2D eigenvalue weighted by Crippen LogP contribution is -1.88. The Bertz CT molecular complexity index is 712. The molecule has 0 fully saturated rings. The molecule has 0 saturated heterocycles. The largest absolute Gasteiger partial charge is 0.216 e. The van der Waals surface area contributed by atoms with Crippen LogP contribution in [0.4, 0.5) is 8.78 Å². The molecular weight excluding hydrogens is 304 g/mol. The summed E-state index contributed by atoms with van der Waals surface area (Å²) in [6.45, 7) is 0. The van der Waals surface area contributed by atoms with E-state index in [9.17, 15) is 8.78 Å². The summed E-state index contributed by atoms with van der Waals surface area (Å²) in [4.78, 5) is 0. The van der Waals surface area contributed by atoms with Crippen LogP contribution in [0.2, 0.25) is 0 Å². The fourth-order valence-corrected chi connectivity index (χ4v) is 2.66. The first-order valence-electron chi connectivity index (χ1n) is 8.29.